The van der Waals surface area contributed by atoms with Gasteiger partial charge in [-0.2, -0.15) is 15.6 Å². The van der Waals surface area contributed by atoms with Crippen LogP contribution in [0.3, 0.4) is 0 Å². The number of piperazine rings is 1. The summed E-state index contributed by atoms with van der Waals surface area (Å²) < 4.78 is 31.7. The third-order valence-corrected chi connectivity index (χ3v) is 6.53. The molecule has 0 atom stereocenters. The zero-order valence-corrected chi connectivity index (χ0v) is 19.5. The number of ether oxygens (including phenoxy) is 1. The molecule has 150 valence electrons. The molecule has 0 saturated carbocycles. The van der Waals surface area contributed by atoms with E-state index in [1.54, 1.807) is 22.7 Å². The molecule has 1 aromatic rings. The molecular formula is C16H29IN4O3S2. The lowest BCUT2D eigenvalue weighted by atomic mass is 10.3. The Labute approximate surface area is 177 Å². The van der Waals surface area contributed by atoms with E-state index in [0.29, 0.717) is 26.2 Å². The van der Waals surface area contributed by atoms with Crippen molar-refractivity contribution >= 4 is 51.3 Å². The Hall–Kier alpha value is -0.430. The van der Waals surface area contributed by atoms with Crippen LogP contribution in [-0.2, 0) is 21.3 Å². The number of nitrogens with zero attached hydrogens (tertiary/aromatic N) is 3. The molecule has 1 aliphatic heterocycles. The Balaban J connectivity index is 0.00000338. The highest BCUT2D eigenvalue weighted by atomic mass is 127. The first-order valence-corrected chi connectivity index (χ1v) is 11.0. The molecule has 0 radical (unpaired) electrons. The number of rotatable bonds is 7. The van der Waals surface area contributed by atoms with Crippen molar-refractivity contribution in [1.29, 1.82) is 0 Å². The van der Waals surface area contributed by atoms with Crippen LogP contribution in [0.15, 0.2) is 21.8 Å². The average molecular weight is 516 g/mol. The van der Waals surface area contributed by atoms with Crippen molar-refractivity contribution < 1.29 is 13.2 Å². The second-order valence-electron chi connectivity index (χ2n) is 6.15. The second-order valence-corrected chi connectivity index (χ2v) is 9.02. The standard InChI is InChI=1S/C16H28N4O3S2.HI/c1-14(2)23-9-11-25(21,22)20-7-5-19(6-8-20)16(17-3)18-12-15-4-10-24-13-15;/h4,10,13-14H,5-9,11-12H2,1-3H3,(H,17,18);1H. The van der Waals surface area contributed by atoms with E-state index in [-0.39, 0.29) is 42.4 Å². The third-order valence-electron chi connectivity index (χ3n) is 3.97. The normalized spacial score (nSPS) is 16.6. The van der Waals surface area contributed by atoms with Crippen LogP contribution in [0.2, 0.25) is 0 Å². The van der Waals surface area contributed by atoms with E-state index in [2.05, 4.69) is 26.7 Å². The van der Waals surface area contributed by atoms with Gasteiger partial charge in [0.25, 0.3) is 0 Å². The van der Waals surface area contributed by atoms with Gasteiger partial charge in [0.2, 0.25) is 10.0 Å². The van der Waals surface area contributed by atoms with E-state index in [0.717, 1.165) is 12.5 Å². The van der Waals surface area contributed by atoms with E-state index in [9.17, 15) is 8.42 Å². The number of hydrogen-bond acceptors (Lipinski definition) is 5. The van der Waals surface area contributed by atoms with Crippen LogP contribution in [0, 0.1) is 0 Å². The van der Waals surface area contributed by atoms with E-state index >= 15 is 0 Å². The van der Waals surface area contributed by atoms with Gasteiger partial charge in [0.15, 0.2) is 5.96 Å². The monoisotopic (exact) mass is 516 g/mol. The van der Waals surface area contributed by atoms with Gasteiger partial charge >= 0.3 is 0 Å². The second kappa shape index (κ2) is 11.4. The van der Waals surface area contributed by atoms with Gasteiger partial charge in [-0.3, -0.25) is 4.99 Å². The van der Waals surface area contributed by atoms with E-state index in [1.165, 1.54) is 5.56 Å². The molecule has 2 heterocycles. The molecule has 1 N–H and O–H groups in total. The summed E-state index contributed by atoms with van der Waals surface area (Å²) in [4.78, 5) is 6.41. The summed E-state index contributed by atoms with van der Waals surface area (Å²) in [5.41, 5.74) is 1.22. The van der Waals surface area contributed by atoms with Crippen molar-refractivity contribution in [3.05, 3.63) is 22.4 Å². The van der Waals surface area contributed by atoms with E-state index in [4.69, 9.17) is 4.74 Å². The fourth-order valence-electron chi connectivity index (χ4n) is 2.60. The SMILES string of the molecule is CN=C(NCc1ccsc1)N1CCN(S(=O)(=O)CCOC(C)C)CC1.I. The number of halogens is 1. The maximum Gasteiger partial charge on any atom is 0.216 e. The van der Waals surface area contributed by atoms with Crippen LogP contribution in [0.4, 0.5) is 0 Å². The fourth-order valence-corrected chi connectivity index (χ4v) is 4.56. The van der Waals surface area contributed by atoms with Crippen molar-refractivity contribution in [3.8, 4) is 0 Å². The first kappa shape index (κ1) is 23.6. The molecule has 0 aliphatic carbocycles. The molecule has 1 aromatic heterocycles. The quantitative estimate of drug-likeness (QED) is 0.340. The predicted molar refractivity (Wildman–Crippen MR) is 118 cm³/mol. The van der Waals surface area contributed by atoms with Crippen LogP contribution in [-0.4, -0.2) is 75.3 Å². The lowest BCUT2D eigenvalue weighted by molar-refractivity contribution is 0.0904. The highest BCUT2D eigenvalue weighted by Crippen LogP contribution is 2.10. The smallest absolute Gasteiger partial charge is 0.216 e. The van der Waals surface area contributed by atoms with Crippen molar-refractivity contribution in [2.45, 2.75) is 26.5 Å². The lowest BCUT2D eigenvalue weighted by Crippen LogP contribution is -2.54. The van der Waals surface area contributed by atoms with E-state index < -0.39 is 10.0 Å². The van der Waals surface area contributed by atoms with Crippen molar-refractivity contribution in [2.75, 3.05) is 45.6 Å². The molecule has 0 bridgehead atoms. The van der Waals surface area contributed by atoms with Gasteiger partial charge < -0.3 is 15.0 Å². The summed E-state index contributed by atoms with van der Waals surface area (Å²) in [6.07, 6.45) is 0.0460. The maximum atomic E-state index is 12.4. The molecule has 0 spiro atoms. The van der Waals surface area contributed by atoms with Gasteiger partial charge in [0, 0.05) is 39.8 Å². The number of guanidine groups is 1. The highest BCUT2D eigenvalue weighted by Gasteiger charge is 2.27. The largest absolute Gasteiger partial charge is 0.378 e. The first-order chi connectivity index (χ1) is 11.9. The molecule has 0 amide bonds. The Morgan fingerprint density at radius 1 is 1.35 bits per heavy atom. The maximum absolute atomic E-state index is 12.4. The number of thiophene rings is 1. The molecule has 1 fully saturated rings. The fraction of sp³-hybridized carbons (Fsp3) is 0.688. The minimum absolute atomic E-state index is 0. The van der Waals surface area contributed by atoms with Gasteiger partial charge in [0.05, 0.1) is 18.5 Å². The Morgan fingerprint density at radius 3 is 2.58 bits per heavy atom. The van der Waals surface area contributed by atoms with Crippen LogP contribution < -0.4 is 5.32 Å². The van der Waals surface area contributed by atoms with Crippen molar-refractivity contribution in [3.63, 3.8) is 0 Å². The molecule has 10 heteroatoms. The Kier molecular flexibility index (Phi) is 10.4. The number of sulfonamides is 1. The summed E-state index contributed by atoms with van der Waals surface area (Å²) in [6, 6.07) is 2.08. The van der Waals surface area contributed by atoms with E-state index in [1.807, 2.05) is 19.2 Å². The van der Waals surface area contributed by atoms with Crippen LogP contribution in [0.5, 0.6) is 0 Å². The van der Waals surface area contributed by atoms with Crippen LogP contribution in [0.1, 0.15) is 19.4 Å². The molecule has 1 saturated heterocycles. The van der Waals surface area contributed by atoms with Crippen molar-refractivity contribution in [2.24, 2.45) is 4.99 Å². The molecule has 1 aliphatic rings. The Morgan fingerprint density at radius 2 is 2.04 bits per heavy atom. The number of nitrogens with one attached hydrogen (secondary N) is 1. The molecule has 0 unspecified atom stereocenters. The number of aliphatic imine (C=N–C) groups is 1. The zero-order valence-electron chi connectivity index (χ0n) is 15.6. The van der Waals surface area contributed by atoms with Crippen molar-refractivity contribution in [1.82, 2.24) is 14.5 Å². The molecule has 26 heavy (non-hydrogen) atoms. The lowest BCUT2D eigenvalue weighted by Gasteiger charge is -2.35. The van der Waals surface area contributed by atoms with Crippen LogP contribution in [0.25, 0.3) is 0 Å². The average Bonchev–Trinajstić information content (AvgIpc) is 3.09. The summed E-state index contributed by atoms with van der Waals surface area (Å²) in [5, 5.41) is 7.49. The minimum Gasteiger partial charge on any atom is -0.378 e. The minimum atomic E-state index is -3.26. The van der Waals surface area contributed by atoms with Gasteiger partial charge in [-0.1, -0.05) is 0 Å². The van der Waals surface area contributed by atoms with Gasteiger partial charge in [-0.25, -0.2) is 8.42 Å². The first-order valence-electron chi connectivity index (χ1n) is 8.48. The molecule has 2 rings (SSSR count). The highest BCUT2D eigenvalue weighted by molar-refractivity contribution is 14.0. The predicted octanol–water partition coefficient (Wildman–Crippen LogP) is 1.81. The molecular weight excluding hydrogens is 487 g/mol. The third kappa shape index (κ3) is 7.29. The summed E-state index contributed by atoms with van der Waals surface area (Å²) in [6.45, 7) is 6.99. The van der Waals surface area contributed by atoms with Gasteiger partial charge in [0.1, 0.15) is 0 Å². The van der Waals surface area contributed by atoms with Gasteiger partial charge in [-0.15, -0.1) is 24.0 Å². The summed E-state index contributed by atoms with van der Waals surface area (Å²) in [5.74, 6) is 0.849. The zero-order chi connectivity index (χ0) is 18.3. The van der Waals surface area contributed by atoms with Crippen LogP contribution >= 0.6 is 35.3 Å². The van der Waals surface area contributed by atoms with Gasteiger partial charge in [-0.05, 0) is 36.2 Å². The topological polar surface area (TPSA) is 74.2 Å². The summed E-state index contributed by atoms with van der Waals surface area (Å²) >= 11 is 1.67. The number of hydrogen-bond donors (Lipinski definition) is 1. The Bertz CT molecular complexity index is 642. The summed E-state index contributed by atoms with van der Waals surface area (Å²) in [7, 11) is -1.51. The molecule has 7 nitrogen and oxygen atoms in total. The molecule has 0 aromatic carbocycles.